The van der Waals surface area contributed by atoms with Crippen molar-refractivity contribution in [2.45, 2.75) is 44.8 Å². The van der Waals surface area contributed by atoms with Crippen LogP contribution in [0.5, 0.6) is 0 Å². The molecule has 2 aromatic heterocycles. The Labute approximate surface area is 197 Å². The Morgan fingerprint density at radius 3 is 2.61 bits per heavy atom. The summed E-state index contributed by atoms with van der Waals surface area (Å²) in [5.74, 6) is 0.206. The second-order valence-corrected chi connectivity index (χ2v) is 9.10. The van der Waals surface area contributed by atoms with E-state index in [1.165, 1.54) is 11.8 Å². The van der Waals surface area contributed by atoms with Crippen LogP contribution in [0.3, 0.4) is 0 Å². The Hall–Kier alpha value is -3.07. The minimum absolute atomic E-state index is 0.0445. The monoisotopic (exact) mass is 467 g/mol. The predicted octanol–water partition coefficient (Wildman–Crippen LogP) is 3.84. The fourth-order valence-electron chi connectivity index (χ4n) is 4.12. The fourth-order valence-corrected chi connectivity index (χ4v) is 4.87. The van der Waals surface area contributed by atoms with Gasteiger partial charge in [-0.25, -0.2) is 14.3 Å². The minimum atomic E-state index is -0.281. The van der Waals surface area contributed by atoms with Crippen molar-refractivity contribution in [3.05, 3.63) is 47.7 Å². The SMILES string of the molecule is CCOC(=O)N1CCC(NC(=O)CSc2nc(-c3ccccc3)c3c(C)cc(C)nn23)CC1. The topological polar surface area (TPSA) is 88.8 Å². The second kappa shape index (κ2) is 10.2. The Balaban J connectivity index is 1.42. The third kappa shape index (κ3) is 5.30. The Bertz CT molecular complexity index is 1140. The lowest BCUT2D eigenvalue weighted by molar-refractivity contribution is -0.119. The maximum Gasteiger partial charge on any atom is 0.409 e. The standard InChI is InChI=1S/C24H29N5O3S/c1-4-32-24(31)28-12-10-19(11-13-28)25-20(30)15-33-23-26-21(18-8-6-5-7-9-18)22-16(2)14-17(3)27-29(22)23/h5-9,14,19H,4,10-13,15H2,1-3H3,(H,25,30). The van der Waals surface area contributed by atoms with Gasteiger partial charge in [-0.2, -0.15) is 5.10 Å². The van der Waals surface area contributed by atoms with Crippen LogP contribution in [-0.2, 0) is 9.53 Å². The lowest BCUT2D eigenvalue weighted by Crippen LogP contribution is -2.47. The molecule has 3 aromatic rings. The molecular weight excluding hydrogens is 438 g/mol. The smallest absolute Gasteiger partial charge is 0.409 e. The van der Waals surface area contributed by atoms with E-state index in [0.717, 1.165) is 40.9 Å². The Morgan fingerprint density at radius 2 is 1.91 bits per heavy atom. The first-order chi connectivity index (χ1) is 16.0. The number of aromatic nitrogens is 3. The maximum absolute atomic E-state index is 12.7. The van der Waals surface area contributed by atoms with Crippen LogP contribution in [0.15, 0.2) is 41.6 Å². The minimum Gasteiger partial charge on any atom is -0.450 e. The number of fused-ring (bicyclic) bond motifs is 1. The number of carbonyl (C=O) groups excluding carboxylic acids is 2. The average molecular weight is 468 g/mol. The molecular formula is C24H29N5O3S. The highest BCUT2D eigenvalue weighted by atomic mass is 32.2. The molecule has 1 fully saturated rings. The number of nitrogens with zero attached hydrogens (tertiary/aromatic N) is 4. The summed E-state index contributed by atoms with van der Waals surface area (Å²) in [7, 11) is 0. The van der Waals surface area contributed by atoms with Crippen LogP contribution in [0.2, 0.25) is 0 Å². The number of benzene rings is 1. The summed E-state index contributed by atoms with van der Waals surface area (Å²) < 4.78 is 6.90. The van der Waals surface area contributed by atoms with Gasteiger partial charge in [-0.15, -0.1) is 0 Å². The first kappa shape index (κ1) is 23.1. The van der Waals surface area contributed by atoms with Crippen molar-refractivity contribution in [1.82, 2.24) is 24.8 Å². The average Bonchev–Trinajstić information content (AvgIpc) is 3.17. The molecule has 9 heteroatoms. The highest BCUT2D eigenvalue weighted by Crippen LogP contribution is 2.30. The molecule has 0 atom stereocenters. The summed E-state index contributed by atoms with van der Waals surface area (Å²) in [6.45, 7) is 7.36. The lowest BCUT2D eigenvalue weighted by atomic mass is 10.1. The molecule has 0 saturated carbocycles. The van der Waals surface area contributed by atoms with Crippen LogP contribution in [0, 0.1) is 13.8 Å². The zero-order valence-electron chi connectivity index (χ0n) is 19.2. The number of piperidine rings is 1. The summed E-state index contributed by atoms with van der Waals surface area (Å²) >= 11 is 1.38. The molecule has 1 aromatic carbocycles. The van der Waals surface area contributed by atoms with Gasteiger partial charge in [0.05, 0.1) is 29.3 Å². The molecule has 4 rings (SSSR count). The molecule has 1 N–H and O–H groups in total. The highest BCUT2D eigenvalue weighted by Gasteiger charge is 2.25. The molecule has 1 aliphatic heterocycles. The zero-order valence-corrected chi connectivity index (χ0v) is 20.0. The van der Waals surface area contributed by atoms with Gasteiger partial charge < -0.3 is 15.0 Å². The number of nitrogens with one attached hydrogen (secondary N) is 1. The fraction of sp³-hybridized carbons (Fsp3) is 0.417. The molecule has 0 bridgehead atoms. The summed E-state index contributed by atoms with van der Waals surface area (Å²) in [5, 5.41) is 8.46. The summed E-state index contributed by atoms with van der Waals surface area (Å²) in [6.07, 6.45) is 1.16. The van der Waals surface area contributed by atoms with E-state index in [1.54, 1.807) is 11.8 Å². The Morgan fingerprint density at radius 1 is 1.18 bits per heavy atom. The van der Waals surface area contributed by atoms with E-state index in [0.29, 0.717) is 24.9 Å². The Kier molecular flexibility index (Phi) is 7.17. The van der Waals surface area contributed by atoms with E-state index < -0.39 is 0 Å². The third-order valence-electron chi connectivity index (χ3n) is 5.65. The number of thioether (sulfide) groups is 1. The van der Waals surface area contributed by atoms with E-state index in [2.05, 4.69) is 17.3 Å². The summed E-state index contributed by atoms with van der Waals surface area (Å²) in [4.78, 5) is 31.0. The molecule has 0 aliphatic carbocycles. The van der Waals surface area contributed by atoms with Gasteiger partial charge in [0, 0.05) is 24.7 Å². The first-order valence-corrected chi connectivity index (χ1v) is 12.2. The number of amides is 2. The van der Waals surface area contributed by atoms with Crippen LogP contribution in [0.4, 0.5) is 4.79 Å². The summed E-state index contributed by atoms with van der Waals surface area (Å²) in [5.41, 5.74) is 4.85. The lowest BCUT2D eigenvalue weighted by Gasteiger charge is -2.31. The second-order valence-electron chi connectivity index (χ2n) is 8.15. The molecule has 8 nitrogen and oxygen atoms in total. The van der Waals surface area contributed by atoms with Crippen LogP contribution in [-0.4, -0.2) is 63.0 Å². The van der Waals surface area contributed by atoms with E-state index in [9.17, 15) is 9.59 Å². The van der Waals surface area contributed by atoms with Crippen LogP contribution < -0.4 is 5.32 Å². The molecule has 0 unspecified atom stereocenters. The van der Waals surface area contributed by atoms with Crippen LogP contribution >= 0.6 is 11.8 Å². The predicted molar refractivity (Wildman–Crippen MR) is 128 cm³/mol. The van der Waals surface area contributed by atoms with Crippen molar-refractivity contribution in [1.29, 1.82) is 0 Å². The van der Waals surface area contributed by atoms with Gasteiger partial charge in [0.15, 0.2) is 5.16 Å². The summed E-state index contributed by atoms with van der Waals surface area (Å²) in [6, 6.07) is 12.1. The van der Waals surface area contributed by atoms with Crippen molar-refractivity contribution in [2.24, 2.45) is 0 Å². The molecule has 174 valence electrons. The molecule has 1 aliphatic rings. The molecule has 33 heavy (non-hydrogen) atoms. The number of hydrogen-bond acceptors (Lipinski definition) is 6. The van der Waals surface area contributed by atoms with Crippen molar-refractivity contribution >= 4 is 29.3 Å². The van der Waals surface area contributed by atoms with E-state index in [-0.39, 0.29) is 23.8 Å². The molecule has 1 saturated heterocycles. The van der Waals surface area contributed by atoms with Gasteiger partial charge in [-0.05, 0) is 45.2 Å². The number of hydrogen-bond donors (Lipinski definition) is 1. The van der Waals surface area contributed by atoms with Gasteiger partial charge in [0.2, 0.25) is 5.91 Å². The number of imidazole rings is 1. The number of ether oxygens (including phenoxy) is 1. The van der Waals surface area contributed by atoms with E-state index >= 15 is 0 Å². The number of likely N-dealkylation sites (tertiary alicyclic amines) is 1. The number of aryl methyl sites for hydroxylation is 2. The largest absolute Gasteiger partial charge is 0.450 e. The maximum atomic E-state index is 12.7. The van der Waals surface area contributed by atoms with Gasteiger partial charge >= 0.3 is 6.09 Å². The number of carbonyl (C=O) groups is 2. The van der Waals surface area contributed by atoms with Gasteiger partial charge in [-0.3, -0.25) is 4.79 Å². The number of rotatable bonds is 6. The first-order valence-electron chi connectivity index (χ1n) is 11.2. The van der Waals surface area contributed by atoms with Crippen molar-refractivity contribution < 1.29 is 14.3 Å². The normalized spacial score (nSPS) is 14.5. The molecule has 0 radical (unpaired) electrons. The van der Waals surface area contributed by atoms with E-state index in [4.69, 9.17) is 9.72 Å². The quantitative estimate of drug-likeness (QED) is 0.554. The van der Waals surface area contributed by atoms with Gasteiger partial charge in [0.1, 0.15) is 0 Å². The van der Waals surface area contributed by atoms with Crippen molar-refractivity contribution in [2.75, 3.05) is 25.4 Å². The zero-order chi connectivity index (χ0) is 23.4. The third-order valence-corrected chi connectivity index (χ3v) is 6.58. The van der Waals surface area contributed by atoms with Crippen molar-refractivity contribution in [3.8, 4) is 11.3 Å². The highest BCUT2D eigenvalue weighted by molar-refractivity contribution is 7.99. The van der Waals surface area contributed by atoms with Gasteiger partial charge in [0.25, 0.3) is 0 Å². The van der Waals surface area contributed by atoms with Gasteiger partial charge in [-0.1, -0.05) is 42.1 Å². The van der Waals surface area contributed by atoms with Crippen LogP contribution in [0.1, 0.15) is 31.0 Å². The molecule has 0 spiro atoms. The molecule has 2 amide bonds. The van der Waals surface area contributed by atoms with Crippen LogP contribution in [0.25, 0.3) is 16.8 Å². The van der Waals surface area contributed by atoms with E-state index in [1.807, 2.05) is 47.8 Å². The van der Waals surface area contributed by atoms with Crippen molar-refractivity contribution in [3.63, 3.8) is 0 Å². The molecule has 3 heterocycles.